The zero-order chi connectivity index (χ0) is 17.1. The molecule has 0 spiro atoms. The number of likely N-dealkylation sites (tertiary alicyclic amines) is 1. The molecule has 1 aromatic carbocycles. The van der Waals surface area contributed by atoms with Crippen molar-refractivity contribution >= 4 is 11.8 Å². The first-order valence-corrected chi connectivity index (χ1v) is 8.38. The number of ether oxygens (including phenoxy) is 2. The first-order valence-electron chi connectivity index (χ1n) is 8.38. The fraction of sp³-hybridized carbons (Fsp3) is 0.556. The van der Waals surface area contributed by atoms with Gasteiger partial charge in [-0.3, -0.25) is 9.59 Å². The molecule has 0 saturated carbocycles. The van der Waals surface area contributed by atoms with Crippen molar-refractivity contribution in [2.75, 3.05) is 33.4 Å². The third-order valence-electron chi connectivity index (χ3n) is 4.65. The second kappa shape index (κ2) is 7.21. The average molecular weight is 332 g/mol. The fourth-order valence-corrected chi connectivity index (χ4v) is 3.32. The second-order valence-corrected chi connectivity index (χ2v) is 6.49. The number of carbonyl (C=O) groups excluding carboxylic acids is 2. The average Bonchev–Trinajstić information content (AvgIpc) is 2.95. The number of nitrogens with zero attached hydrogens (tertiary/aromatic N) is 2. The van der Waals surface area contributed by atoms with Gasteiger partial charge >= 0.3 is 0 Å². The van der Waals surface area contributed by atoms with Crippen molar-refractivity contribution in [2.24, 2.45) is 5.92 Å². The molecular formula is C18H24N2O4. The van der Waals surface area contributed by atoms with Crippen molar-refractivity contribution in [2.45, 2.75) is 26.0 Å². The molecule has 2 atom stereocenters. The summed E-state index contributed by atoms with van der Waals surface area (Å²) in [5.74, 6) is 0.684. The van der Waals surface area contributed by atoms with Crippen LogP contribution in [0.1, 0.15) is 18.9 Å². The first kappa shape index (κ1) is 16.8. The summed E-state index contributed by atoms with van der Waals surface area (Å²) in [6.07, 6.45) is 0.371. The largest absolute Gasteiger partial charge is 0.497 e. The normalized spacial score (nSPS) is 24.3. The lowest BCUT2D eigenvalue weighted by Crippen LogP contribution is -2.47. The lowest BCUT2D eigenvalue weighted by molar-refractivity contribution is -0.142. The summed E-state index contributed by atoms with van der Waals surface area (Å²) >= 11 is 0. The number of morpholine rings is 1. The van der Waals surface area contributed by atoms with E-state index >= 15 is 0 Å². The Labute approximate surface area is 142 Å². The highest BCUT2D eigenvalue weighted by molar-refractivity contribution is 5.89. The van der Waals surface area contributed by atoms with E-state index in [1.165, 1.54) is 0 Å². The van der Waals surface area contributed by atoms with Crippen LogP contribution in [0.15, 0.2) is 24.3 Å². The summed E-state index contributed by atoms with van der Waals surface area (Å²) < 4.78 is 10.6. The summed E-state index contributed by atoms with van der Waals surface area (Å²) in [6, 6.07) is 7.66. The van der Waals surface area contributed by atoms with Crippen molar-refractivity contribution < 1.29 is 19.1 Å². The molecule has 130 valence electrons. The quantitative estimate of drug-likeness (QED) is 0.834. The molecular weight excluding hydrogens is 308 g/mol. The predicted octanol–water partition coefficient (Wildman–Crippen LogP) is 1.29. The van der Waals surface area contributed by atoms with Gasteiger partial charge in [-0.25, -0.2) is 0 Å². The van der Waals surface area contributed by atoms with Gasteiger partial charge in [0.25, 0.3) is 0 Å². The Hall–Kier alpha value is -2.08. The van der Waals surface area contributed by atoms with Gasteiger partial charge in [0.1, 0.15) is 5.75 Å². The van der Waals surface area contributed by atoms with Crippen LogP contribution < -0.4 is 4.74 Å². The molecule has 0 N–H and O–H groups in total. The Balaban J connectivity index is 1.59. The molecule has 1 aromatic rings. The van der Waals surface area contributed by atoms with E-state index in [1.54, 1.807) is 12.0 Å². The van der Waals surface area contributed by atoms with Crippen LogP contribution in [0, 0.1) is 5.92 Å². The number of carbonyl (C=O) groups is 2. The van der Waals surface area contributed by atoms with E-state index in [1.807, 2.05) is 36.1 Å². The van der Waals surface area contributed by atoms with E-state index in [4.69, 9.17) is 9.47 Å². The molecule has 0 aromatic heterocycles. The maximum atomic E-state index is 12.6. The summed E-state index contributed by atoms with van der Waals surface area (Å²) in [7, 11) is 1.63. The minimum atomic E-state index is -0.235. The highest BCUT2D eigenvalue weighted by Gasteiger charge is 2.37. The molecule has 2 fully saturated rings. The van der Waals surface area contributed by atoms with Crippen molar-refractivity contribution in [1.29, 1.82) is 0 Å². The van der Waals surface area contributed by atoms with Crippen molar-refractivity contribution in [3.8, 4) is 5.75 Å². The SMILES string of the molecule is COc1ccc(CN2C[C@@H](C(=O)N3CCO[C@@H](C)C3)CC2=O)cc1. The molecule has 2 heterocycles. The highest BCUT2D eigenvalue weighted by atomic mass is 16.5. The fourth-order valence-electron chi connectivity index (χ4n) is 3.32. The number of benzene rings is 1. The molecule has 3 rings (SSSR count). The number of rotatable bonds is 4. The number of methoxy groups -OCH3 is 1. The van der Waals surface area contributed by atoms with E-state index in [0.717, 1.165) is 11.3 Å². The maximum Gasteiger partial charge on any atom is 0.228 e. The van der Waals surface area contributed by atoms with Gasteiger partial charge in [0.05, 0.1) is 25.7 Å². The van der Waals surface area contributed by atoms with Crippen LogP contribution in [0.5, 0.6) is 5.75 Å². The monoisotopic (exact) mass is 332 g/mol. The van der Waals surface area contributed by atoms with Gasteiger partial charge in [0, 0.05) is 32.6 Å². The summed E-state index contributed by atoms with van der Waals surface area (Å²) in [4.78, 5) is 28.5. The molecule has 6 heteroatoms. The molecule has 0 aliphatic carbocycles. The van der Waals surface area contributed by atoms with Crippen LogP contribution >= 0.6 is 0 Å². The number of amides is 2. The third-order valence-corrected chi connectivity index (χ3v) is 4.65. The molecule has 0 unspecified atom stereocenters. The standard InChI is InChI=1S/C18H24N2O4/c1-13-10-19(7-8-24-13)18(22)15-9-17(21)20(12-15)11-14-3-5-16(23-2)6-4-14/h3-6,13,15H,7-12H2,1-2H3/t13-,15-/m0/s1. The molecule has 0 bridgehead atoms. The van der Waals surface area contributed by atoms with E-state index in [-0.39, 0.29) is 23.8 Å². The van der Waals surface area contributed by atoms with Crippen LogP contribution in [0.2, 0.25) is 0 Å². The number of hydrogen-bond acceptors (Lipinski definition) is 4. The van der Waals surface area contributed by atoms with Gasteiger partial charge in [0.15, 0.2) is 0 Å². The van der Waals surface area contributed by atoms with Crippen molar-refractivity contribution in [1.82, 2.24) is 9.80 Å². The lowest BCUT2D eigenvalue weighted by Gasteiger charge is -2.32. The molecule has 2 saturated heterocycles. The Bertz CT molecular complexity index is 602. The Morgan fingerprint density at radius 1 is 1.29 bits per heavy atom. The molecule has 2 amide bonds. The Kier molecular flexibility index (Phi) is 5.04. The van der Waals surface area contributed by atoms with E-state index in [2.05, 4.69) is 0 Å². The zero-order valence-electron chi connectivity index (χ0n) is 14.2. The molecule has 24 heavy (non-hydrogen) atoms. The van der Waals surface area contributed by atoms with Crippen molar-refractivity contribution in [3.05, 3.63) is 29.8 Å². The minimum Gasteiger partial charge on any atom is -0.497 e. The number of hydrogen-bond donors (Lipinski definition) is 0. The van der Waals surface area contributed by atoms with E-state index in [9.17, 15) is 9.59 Å². The molecule has 2 aliphatic rings. The minimum absolute atomic E-state index is 0.0467. The Morgan fingerprint density at radius 3 is 2.71 bits per heavy atom. The summed E-state index contributed by atoms with van der Waals surface area (Å²) in [5.41, 5.74) is 1.04. The van der Waals surface area contributed by atoms with Crippen LogP contribution in [0.4, 0.5) is 0 Å². The zero-order valence-corrected chi connectivity index (χ0v) is 14.2. The first-order chi connectivity index (χ1) is 11.6. The third kappa shape index (κ3) is 3.70. The predicted molar refractivity (Wildman–Crippen MR) is 88.5 cm³/mol. The van der Waals surface area contributed by atoms with E-state index < -0.39 is 0 Å². The van der Waals surface area contributed by atoms with Gasteiger partial charge in [-0.1, -0.05) is 12.1 Å². The summed E-state index contributed by atoms with van der Waals surface area (Å²) in [6.45, 7) is 4.80. The lowest BCUT2D eigenvalue weighted by atomic mass is 10.1. The van der Waals surface area contributed by atoms with Crippen LogP contribution in [-0.4, -0.2) is 61.1 Å². The highest BCUT2D eigenvalue weighted by Crippen LogP contribution is 2.23. The summed E-state index contributed by atoms with van der Waals surface area (Å²) in [5, 5.41) is 0. The van der Waals surface area contributed by atoms with E-state index in [0.29, 0.717) is 39.2 Å². The van der Waals surface area contributed by atoms with Gasteiger partial charge < -0.3 is 19.3 Å². The molecule has 2 aliphatic heterocycles. The second-order valence-electron chi connectivity index (χ2n) is 6.49. The van der Waals surface area contributed by atoms with Gasteiger partial charge in [-0.2, -0.15) is 0 Å². The smallest absolute Gasteiger partial charge is 0.228 e. The van der Waals surface area contributed by atoms with Gasteiger partial charge in [0.2, 0.25) is 11.8 Å². The van der Waals surface area contributed by atoms with Crippen LogP contribution in [0.25, 0.3) is 0 Å². The topological polar surface area (TPSA) is 59.1 Å². The molecule has 0 radical (unpaired) electrons. The maximum absolute atomic E-state index is 12.6. The van der Waals surface area contributed by atoms with Crippen molar-refractivity contribution in [3.63, 3.8) is 0 Å². The van der Waals surface area contributed by atoms with Gasteiger partial charge in [-0.05, 0) is 24.6 Å². The molecule has 6 nitrogen and oxygen atoms in total. The van der Waals surface area contributed by atoms with Crippen LogP contribution in [0.3, 0.4) is 0 Å². The van der Waals surface area contributed by atoms with Crippen LogP contribution in [-0.2, 0) is 20.9 Å². The van der Waals surface area contributed by atoms with Gasteiger partial charge in [-0.15, -0.1) is 0 Å². The Morgan fingerprint density at radius 2 is 2.04 bits per heavy atom.